The molecule has 0 bridgehead atoms. The lowest BCUT2D eigenvalue weighted by Crippen LogP contribution is -2.27. The van der Waals surface area contributed by atoms with E-state index < -0.39 is 16.0 Å². The molecule has 134 valence electrons. The van der Waals surface area contributed by atoms with Crippen LogP contribution in [0.2, 0.25) is 0 Å². The van der Waals surface area contributed by atoms with Gasteiger partial charge in [0.2, 0.25) is 15.9 Å². The summed E-state index contributed by atoms with van der Waals surface area (Å²) in [5.74, 6) is 0.113. The molecular weight excluding hydrogens is 346 g/mol. The first-order chi connectivity index (χ1) is 12.0. The van der Waals surface area contributed by atoms with Crippen molar-refractivity contribution in [1.29, 1.82) is 0 Å². The molecule has 3 rings (SSSR count). The standard InChI is InChI=1S/C16H19N3O5S/c1-2-14-17-18-15(24-14)11-23-16(20)12-5-7-13(8-6-12)25(21,22)19-9-3-4-10-19/h5-8H,2-4,9-11H2,1H3. The molecule has 9 heteroatoms. The van der Waals surface area contributed by atoms with E-state index in [2.05, 4.69) is 10.2 Å². The van der Waals surface area contributed by atoms with E-state index in [1.165, 1.54) is 28.6 Å². The van der Waals surface area contributed by atoms with E-state index in [1.807, 2.05) is 6.92 Å². The number of sulfonamides is 1. The quantitative estimate of drug-likeness (QED) is 0.719. The van der Waals surface area contributed by atoms with Crippen LogP contribution < -0.4 is 0 Å². The molecule has 25 heavy (non-hydrogen) atoms. The number of ether oxygens (including phenoxy) is 1. The molecule has 1 aliphatic rings. The summed E-state index contributed by atoms with van der Waals surface area (Å²) in [6.07, 6.45) is 2.35. The molecule has 8 nitrogen and oxygen atoms in total. The predicted octanol–water partition coefficient (Wildman–Crippen LogP) is 1.77. The average Bonchev–Trinajstić information content (AvgIpc) is 3.31. The second-order valence-corrected chi connectivity index (χ2v) is 7.59. The van der Waals surface area contributed by atoms with Gasteiger partial charge in [-0.2, -0.15) is 4.31 Å². The Morgan fingerprint density at radius 1 is 1.16 bits per heavy atom. The largest absolute Gasteiger partial charge is 0.452 e. The van der Waals surface area contributed by atoms with Crippen molar-refractivity contribution in [2.45, 2.75) is 37.7 Å². The highest BCUT2D eigenvalue weighted by Gasteiger charge is 2.27. The Morgan fingerprint density at radius 2 is 1.80 bits per heavy atom. The molecule has 0 amide bonds. The number of esters is 1. The van der Waals surface area contributed by atoms with Gasteiger partial charge in [0, 0.05) is 19.5 Å². The van der Waals surface area contributed by atoms with Crippen LogP contribution in [0, 0.1) is 0 Å². The lowest BCUT2D eigenvalue weighted by Gasteiger charge is -2.15. The van der Waals surface area contributed by atoms with Gasteiger partial charge in [0.1, 0.15) is 0 Å². The highest BCUT2D eigenvalue weighted by Crippen LogP contribution is 2.21. The maximum Gasteiger partial charge on any atom is 0.338 e. The Labute approximate surface area is 145 Å². The predicted molar refractivity (Wildman–Crippen MR) is 87.2 cm³/mol. The molecule has 1 saturated heterocycles. The van der Waals surface area contributed by atoms with Gasteiger partial charge in [-0.1, -0.05) is 6.92 Å². The van der Waals surface area contributed by atoms with Crippen LogP contribution in [0.25, 0.3) is 0 Å². The topological polar surface area (TPSA) is 103 Å². The third-order valence-corrected chi connectivity index (χ3v) is 5.84. The zero-order chi connectivity index (χ0) is 17.9. The van der Waals surface area contributed by atoms with Gasteiger partial charge in [-0.3, -0.25) is 0 Å². The van der Waals surface area contributed by atoms with Crippen molar-refractivity contribution in [3.8, 4) is 0 Å². The van der Waals surface area contributed by atoms with Crippen molar-refractivity contribution in [2.75, 3.05) is 13.1 Å². The van der Waals surface area contributed by atoms with Gasteiger partial charge in [0.25, 0.3) is 5.89 Å². The second kappa shape index (κ2) is 7.32. The number of carbonyl (C=O) groups excluding carboxylic acids is 1. The van der Waals surface area contributed by atoms with Gasteiger partial charge < -0.3 is 9.15 Å². The van der Waals surface area contributed by atoms with E-state index in [-0.39, 0.29) is 23.0 Å². The number of carbonyl (C=O) groups is 1. The monoisotopic (exact) mass is 365 g/mol. The maximum absolute atomic E-state index is 12.4. The van der Waals surface area contributed by atoms with Crippen molar-refractivity contribution in [1.82, 2.24) is 14.5 Å². The minimum Gasteiger partial charge on any atom is -0.452 e. The summed E-state index contributed by atoms with van der Waals surface area (Å²) in [5, 5.41) is 7.55. The molecule has 0 saturated carbocycles. The van der Waals surface area contributed by atoms with Gasteiger partial charge in [0.15, 0.2) is 6.61 Å². The Balaban J connectivity index is 1.64. The number of hydrogen-bond acceptors (Lipinski definition) is 7. The number of nitrogens with zero attached hydrogens (tertiary/aromatic N) is 3. The normalized spacial score (nSPS) is 15.4. The minimum atomic E-state index is -3.49. The van der Waals surface area contributed by atoms with Crippen LogP contribution in [0.5, 0.6) is 0 Å². The van der Waals surface area contributed by atoms with Crippen molar-refractivity contribution in [3.63, 3.8) is 0 Å². The highest BCUT2D eigenvalue weighted by molar-refractivity contribution is 7.89. The van der Waals surface area contributed by atoms with Crippen molar-refractivity contribution >= 4 is 16.0 Å². The smallest absolute Gasteiger partial charge is 0.338 e. The van der Waals surface area contributed by atoms with E-state index in [1.54, 1.807) is 0 Å². The van der Waals surface area contributed by atoms with E-state index >= 15 is 0 Å². The van der Waals surface area contributed by atoms with E-state index in [0.29, 0.717) is 25.4 Å². The second-order valence-electron chi connectivity index (χ2n) is 5.65. The Morgan fingerprint density at radius 3 is 2.40 bits per heavy atom. The van der Waals surface area contributed by atoms with E-state index in [4.69, 9.17) is 9.15 Å². The molecule has 0 aliphatic carbocycles. The molecule has 0 unspecified atom stereocenters. The van der Waals surface area contributed by atoms with Crippen LogP contribution in [0.3, 0.4) is 0 Å². The summed E-state index contributed by atoms with van der Waals surface area (Å²) in [6, 6.07) is 5.73. The zero-order valence-corrected chi connectivity index (χ0v) is 14.7. The molecule has 2 aromatic rings. The SMILES string of the molecule is CCc1nnc(COC(=O)c2ccc(S(=O)(=O)N3CCCC3)cc2)o1. The van der Waals surface area contributed by atoms with Crippen LogP contribution in [0.15, 0.2) is 33.6 Å². The van der Waals surface area contributed by atoms with Crippen LogP contribution >= 0.6 is 0 Å². The lowest BCUT2D eigenvalue weighted by atomic mass is 10.2. The number of benzene rings is 1. The highest BCUT2D eigenvalue weighted by atomic mass is 32.2. The lowest BCUT2D eigenvalue weighted by molar-refractivity contribution is 0.0436. The average molecular weight is 365 g/mol. The number of hydrogen-bond donors (Lipinski definition) is 0. The number of aryl methyl sites for hydroxylation is 1. The molecule has 2 heterocycles. The maximum atomic E-state index is 12.4. The van der Waals surface area contributed by atoms with Crippen LogP contribution in [-0.4, -0.2) is 42.0 Å². The summed E-state index contributed by atoms with van der Waals surface area (Å²) >= 11 is 0. The Hall–Kier alpha value is -2.26. The van der Waals surface area contributed by atoms with Gasteiger partial charge in [-0.15, -0.1) is 10.2 Å². The molecule has 1 aliphatic heterocycles. The van der Waals surface area contributed by atoms with E-state index in [9.17, 15) is 13.2 Å². The summed E-state index contributed by atoms with van der Waals surface area (Å²) in [4.78, 5) is 12.2. The fraction of sp³-hybridized carbons (Fsp3) is 0.438. The molecule has 1 fully saturated rings. The van der Waals surface area contributed by atoms with Gasteiger partial charge in [-0.25, -0.2) is 13.2 Å². The zero-order valence-electron chi connectivity index (χ0n) is 13.8. The molecular formula is C16H19N3O5S. The van der Waals surface area contributed by atoms with Crippen molar-refractivity contribution < 1.29 is 22.4 Å². The van der Waals surface area contributed by atoms with Crippen LogP contribution in [0.4, 0.5) is 0 Å². The molecule has 1 aromatic carbocycles. The number of aromatic nitrogens is 2. The molecule has 1 aromatic heterocycles. The summed E-state index contributed by atoms with van der Waals surface area (Å²) < 4.78 is 36.7. The third kappa shape index (κ3) is 3.88. The molecule has 0 spiro atoms. The van der Waals surface area contributed by atoms with Crippen molar-refractivity contribution in [2.24, 2.45) is 0 Å². The van der Waals surface area contributed by atoms with Gasteiger partial charge >= 0.3 is 5.97 Å². The fourth-order valence-electron chi connectivity index (χ4n) is 2.54. The van der Waals surface area contributed by atoms with Crippen molar-refractivity contribution in [3.05, 3.63) is 41.6 Å². The fourth-order valence-corrected chi connectivity index (χ4v) is 4.06. The first-order valence-corrected chi connectivity index (χ1v) is 9.53. The Bertz CT molecular complexity index is 839. The third-order valence-electron chi connectivity index (χ3n) is 3.93. The van der Waals surface area contributed by atoms with Gasteiger partial charge in [-0.05, 0) is 37.1 Å². The molecule has 0 atom stereocenters. The summed E-state index contributed by atoms with van der Waals surface area (Å²) in [7, 11) is -3.49. The Kier molecular flexibility index (Phi) is 5.14. The van der Waals surface area contributed by atoms with E-state index in [0.717, 1.165) is 12.8 Å². The van der Waals surface area contributed by atoms with Crippen LogP contribution in [0.1, 0.15) is 41.9 Å². The summed E-state index contributed by atoms with van der Waals surface area (Å²) in [6.45, 7) is 2.83. The minimum absolute atomic E-state index is 0.125. The first-order valence-electron chi connectivity index (χ1n) is 8.09. The first kappa shape index (κ1) is 17.6. The molecule has 0 N–H and O–H groups in total. The summed E-state index contributed by atoms with van der Waals surface area (Å²) in [5.41, 5.74) is 0.260. The molecule has 0 radical (unpaired) electrons. The van der Waals surface area contributed by atoms with Gasteiger partial charge in [0.05, 0.1) is 10.5 Å². The van der Waals surface area contributed by atoms with Crippen LogP contribution in [-0.2, 0) is 27.8 Å². The number of rotatable bonds is 6.